The Labute approximate surface area is 110 Å². The first-order chi connectivity index (χ1) is 6.20. The Balaban J connectivity index is 3.47. The van der Waals surface area contributed by atoms with Gasteiger partial charge in [-0.1, -0.05) is 45.2 Å². The number of hydrogen-bond acceptors (Lipinski definition) is 3. The normalized spacial score (nSPS) is 10.0. The number of rotatable bonds is 6. The molecule has 0 aromatic rings. The van der Waals surface area contributed by atoms with Crippen LogP contribution < -0.4 is 0 Å². The van der Waals surface area contributed by atoms with Crippen molar-refractivity contribution in [2.45, 2.75) is 25.7 Å². The van der Waals surface area contributed by atoms with Crippen LogP contribution in [0.3, 0.4) is 0 Å². The fourth-order valence-electron chi connectivity index (χ4n) is 0.651. The largest absolute Gasteiger partial charge is 0.287 e. The third-order valence-corrected chi connectivity index (χ3v) is 3.65. The summed E-state index contributed by atoms with van der Waals surface area (Å²) < 4.78 is 1.96. The van der Waals surface area contributed by atoms with Gasteiger partial charge in [0.2, 0.25) is 0 Å². The Morgan fingerprint density at radius 2 is 1.31 bits per heavy atom. The van der Waals surface area contributed by atoms with Crippen LogP contribution in [0.15, 0.2) is 0 Å². The minimum atomic E-state index is 0.0233. The summed E-state index contributed by atoms with van der Waals surface area (Å²) in [5.74, 6) is 0. The second-order valence-corrected chi connectivity index (χ2v) is 5.70. The Hall–Kier alpha value is 1.15. The van der Waals surface area contributed by atoms with E-state index in [1.807, 2.05) is 0 Å². The van der Waals surface area contributed by atoms with Crippen molar-refractivity contribution in [1.82, 2.24) is 0 Å². The van der Waals surface area contributed by atoms with Crippen LogP contribution in [-0.4, -0.2) is 19.1 Å². The number of hydrogen-bond donors (Lipinski definition) is 0. The predicted octanol–water partition coefficient (Wildman–Crippen LogP) is 3.20. The van der Waals surface area contributed by atoms with Crippen molar-refractivity contribution in [2.24, 2.45) is 0 Å². The molecule has 5 heteroatoms. The van der Waals surface area contributed by atoms with Gasteiger partial charge in [0.25, 0.3) is 0 Å². The van der Waals surface area contributed by atoms with Gasteiger partial charge in [-0.15, -0.1) is 0 Å². The third kappa shape index (κ3) is 9.45. The maximum atomic E-state index is 11.1. The number of carbonyl (C=O) groups excluding carboxylic acids is 2. The van der Waals surface area contributed by atoms with E-state index in [2.05, 4.69) is 45.2 Å². The van der Waals surface area contributed by atoms with E-state index in [-0.39, 0.29) is 10.2 Å². The van der Waals surface area contributed by atoms with Gasteiger partial charge in [-0.25, -0.2) is 0 Å². The average Bonchev–Trinajstić information content (AvgIpc) is 2.11. The van der Waals surface area contributed by atoms with Crippen molar-refractivity contribution in [3.8, 4) is 0 Å². The first-order valence-corrected chi connectivity index (χ1v) is 7.93. The van der Waals surface area contributed by atoms with Gasteiger partial charge in [-0.3, -0.25) is 9.59 Å². The lowest BCUT2D eigenvalue weighted by Gasteiger charge is -1.97. The lowest BCUT2D eigenvalue weighted by atomic mass is 10.4. The summed E-state index contributed by atoms with van der Waals surface area (Å²) >= 11 is 5.35. The highest BCUT2D eigenvalue weighted by atomic mass is 127. The summed E-state index contributed by atoms with van der Waals surface area (Å²) in [7, 11) is 0. The fourth-order valence-corrected chi connectivity index (χ4v) is 2.16. The lowest BCUT2D eigenvalue weighted by molar-refractivity contribution is -0.113. The van der Waals surface area contributed by atoms with Crippen molar-refractivity contribution >= 4 is 67.2 Å². The van der Waals surface area contributed by atoms with Gasteiger partial charge in [0.05, 0.1) is 0 Å². The van der Waals surface area contributed by atoms with Gasteiger partial charge >= 0.3 is 0 Å². The number of halogens is 2. The SMILES string of the molecule is O=C(CCCI)SC(=O)CCCI. The molecule has 0 saturated heterocycles. The van der Waals surface area contributed by atoms with E-state index >= 15 is 0 Å². The van der Waals surface area contributed by atoms with E-state index in [0.717, 1.165) is 33.5 Å². The predicted molar refractivity (Wildman–Crippen MR) is 73.8 cm³/mol. The molecule has 0 unspecified atom stereocenters. The molecule has 13 heavy (non-hydrogen) atoms. The smallest absolute Gasteiger partial charge is 0.196 e. The number of alkyl halides is 2. The van der Waals surface area contributed by atoms with E-state index in [1.165, 1.54) is 0 Å². The lowest BCUT2D eigenvalue weighted by Crippen LogP contribution is -1.99. The molecule has 0 saturated carbocycles. The van der Waals surface area contributed by atoms with Crippen LogP contribution >= 0.6 is 56.9 Å². The Morgan fingerprint density at radius 1 is 0.923 bits per heavy atom. The molecule has 0 rings (SSSR count). The molecule has 0 spiro atoms. The molecule has 0 aromatic carbocycles. The van der Waals surface area contributed by atoms with Gasteiger partial charge in [0.1, 0.15) is 0 Å². The molecule has 0 radical (unpaired) electrons. The van der Waals surface area contributed by atoms with Crippen molar-refractivity contribution in [2.75, 3.05) is 8.86 Å². The second kappa shape index (κ2) is 9.70. The third-order valence-electron chi connectivity index (χ3n) is 1.26. The second-order valence-electron chi connectivity index (χ2n) is 2.43. The van der Waals surface area contributed by atoms with Crippen LogP contribution in [0, 0.1) is 0 Å². The highest BCUT2D eigenvalue weighted by Gasteiger charge is 2.09. The molecule has 0 aromatic heterocycles. The zero-order valence-corrected chi connectivity index (χ0v) is 12.4. The van der Waals surface area contributed by atoms with E-state index in [9.17, 15) is 9.59 Å². The molecule has 0 aliphatic carbocycles. The molecule has 0 amide bonds. The highest BCUT2D eigenvalue weighted by Crippen LogP contribution is 2.13. The summed E-state index contributed by atoms with van der Waals surface area (Å²) in [5.41, 5.74) is 0. The molecule has 0 aliphatic rings. The quantitative estimate of drug-likeness (QED) is 0.484. The minimum absolute atomic E-state index is 0.0233. The maximum absolute atomic E-state index is 11.1. The average molecular weight is 426 g/mol. The Bertz CT molecular complexity index is 156. The molecule has 0 fully saturated rings. The number of thioether (sulfide) groups is 1. The van der Waals surface area contributed by atoms with Gasteiger partial charge < -0.3 is 0 Å². The van der Waals surface area contributed by atoms with Crippen LogP contribution in [-0.2, 0) is 9.59 Å². The molecule has 0 N–H and O–H groups in total. The maximum Gasteiger partial charge on any atom is 0.196 e. The van der Waals surface area contributed by atoms with E-state index < -0.39 is 0 Å². The molecule has 0 heterocycles. The van der Waals surface area contributed by atoms with E-state index in [1.54, 1.807) is 0 Å². The Kier molecular flexibility index (Phi) is 10.6. The molecule has 0 aliphatic heterocycles. The van der Waals surface area contributed by atoms with Crippen LogP contribution in [0.1, 0.15) is 25.7 Å². The monoisotopic (exact) mass is 426 g/mol. The molecule has 76 valence electrons. The molecular weight excluding hydrogens is 414 g/mol. The van der Waals surface area contributed by atoms with Gasteiger partial charge in [-0.05, 0) is 33.5 Å². The van der Waals surface area contributed by atoms with Gasteiger partial charge in [0, 0.05) is 12.8 Å². The van der Waals surface area contributed by atoms with Gasteiger partial charge in [-0.2, -0.15) is 0 Å². The highest BCUT2D eigenvalue weighted by molar-refractivity contribution is 14.1. The van der Waals surface area contributed by atoms with Gasteiger partial charge in [0.15, 0.2) is 10.2 Å². The fraction of sp³-hybridized carbons (Fsp3) is 0.750. The summed E-state index contributed by atoms with van der Waals surface area (Å²) in [6, 6.07) is 0. The van der Waals surface area contributed by atoms with Crippen LogP contribution in [0.2, 0.25) is 0 Å². The van der Waals surface area contributed by atoms with Crippen molar-refractivity contribution in [3.63, 3.8) is 0 Å². The minimum Gasteiger partial charge on any atom is -0.287 e. The summed E-state index contributed by atoms with van der Waals surface area (Å²) in [6.07, 6.45) is 2.82. The molecule has 0 bridgehead atoms. The Morgan fingerprint density at radius 3 is 1.62 bits per heavy atom. The van der Waals surface area contributed by atoms with Crippen molar-refractivity contribution in [1.29, 1.82) is 0 Å². The van der Waals surface area contributed by atoms with Crippen molar-refractivity contribution in [3.05, 3.63) is 0 Å². The van der Waals surface area contributed by atoms with Crippen LogP contribution in [0.25, 0.3) is 0 Å². The summed E-state index contributed by atoms with van der Waals surface area (Å²) in [5, 5.41) is 0.0465. The molecule has 2 nitrogen and oxygen atoms in total. The first-order valence-electron chi connectivity index (χ1n) is 4.06. The zero-order valence-electron chi connectivity index (χ0n) is 7.22. The van der Waals surface area contributed by atoms with E-state index in [0.29, 0.717) is 12.8 Å². The summed E-state index contributed by atoms with van der Waals surface area (Å²) in [6.45, 7) is 0. The van der Waals surface area contributed by atoms with Crippen LogP contribution in [0.4, 0.5) is 0 Å². The first kappa shape index (κ1) is 14.2. The number of carbonyl (C=O) groups is 2. The standard InChI is InChI=1S/C8H12I2O2S/c9-5-1-3-7(11)13-8(12)4-2-6-10/h1-6H2. The summed E-state index contributed by atoms with van der Waals surface area (Å²) in [4.78, 5) is 22.2. The topological polar surface area (TPSA) is 34.1 Å². The van der Waals surface area contributed by atoms with E-state index in [4.69, 9.17) is 0 Å². The van der Waals surface area contributed by atoms with Crippen LogP contribution in [0.5, 0.6) is 0 Å². The van der Waals surface area contributed by atoms with Crippen molar-refractivity contribution < 1.29 is 9.59 Å². The molecular formula is C8H12I2O2S. The zero-order chi connectivity index (χ0) is 10.1. The molecule has 0 atom stereocenters.